The molecule has 3 fully saturated rings. The summed E-state index contributed by atoms with van der Waals surface area (Å²) in [5.41, 5.74) is 2.57. The molecule has 8 atom stereocenters. The molecule has 0 unspecified atom stereocenters. The van der Waals surface area contributed by atoms with Gasteiger partial charge in [-0.15, -0.1) is 0 Å². The molecule has 4 rings (SSSR count). The van der Waals surface area contributed by atoms with Crippen molar-refractivity contribution < 1.29 is 65.7 Å². The zero-order chi connectivity index (χ0) is 31.8. The van der Waals surface area contributed by atoms with Crippen LogP contribution in [0.15, 0.2) is 11.6 Å². The van der Waals surface area contributed by atoms with Crippen LogP contribution < -0.4 is 29.6 Å². The van der Waals surface area contributed by atoms with E-state index in [0.717, 1.165) is 48.3 Å². The van der Waals surface area contributed by atoms with E-state index in [9.17, 15) is 13.0 Å². The van der Waals surface area contributed by atoms with Crippen LogP contribution in [0.25, 0.3) is 0 Å². The van der Waals surface area contributed by atoms with E-state index in [4.69, 9.17) is 18.9 Å². The standard InChI is InChI=1S/C35H62O8S.Na/c1-26(2)7-6-8-27(3)31-11-12-32-30-10-9-28-25-29(13-15-34(28,4)33(30)14-16-35(31,32)5)42-23-21-40-19-17-39-18-20-41-22-24-43-44(36,37)38;/h9,26-27,29-33H,6-8,10-25H2,1-5H3,(H,36,37,38);/q;+1/p-1/t27-,29+,30+,31-,32+,33+,34+,35-;/m1./s1. The van der Waals surface area contributed by atoms with Crippen molar-refractivity contribution in [1.82, 2.24) is 0 Å². The average Bonchev–Trinajstić information content (AvgIpc) is 3.32. The van der Waals surface area contributed by atoms with Crippen LogP contribution in [0.2, 0.25) is 0 Å². The Bertz CT molecular complexity index is 1020. The van der Waals surface area contributed by atoms with Gasteiger partial charge in [0.25, 0.3) is 0 Å². The Morgan fingerprint density at radius 1 is 0.844 bits per heavy atom. The molecule has 45 heavy (non-hydrogen) atoms. The van der Waals surface area contributed by atoms with Gasteiger partial charge in [0.2, 0.25) is 10.4 Å². The number of hydrogen-bond acceptors (Lipinski definition) is 8. The fourth-order valence-corrected chi connectivity index (χ4v) is 10.1. The normalized spacial score (nSPS) is 33.6. The van der Waals surface area contributed by atoms with Crippen LogP contribution in [0.4, 0.5) is 0 Å². The molecule has 3 saturated carbocycles. The Morgan fingerprint density at radius 2 is 1.49 bits per heavy atom. The van der Waals surface area contributed by atoms with Gasteiger partial charge >= 0.3 is 29.6 Å². The molecule has 256 valence electrons. The molecule has 0 aromatic rings. The van der Waals surface area contributed by atoms with Gasteiger partial charge in [0, 0.05) is 0 Å². The number of hydrogen-bond donors (Lipinski definition) is 0. The van der Waals surface area contributed by atoms with Gasteiger partial charge < -0.3 is 23.5 Å². The summed E-state index contributed by atoms with van der Waals surface area (Å²) in [5.74, 6) is 5.21. The third kappa shape index (κ3) is 11.0. The largest absolute Gasteiger partial charge is 1.00 e. The maximum atomic E-state index is 10.3. The molecule has 10 heteroatoms. The fourth-order valence-electron chi connectivity index (χ4n) is 9.80. The summed E-state index contributed by atoms with van der Waals surface area (Å²) in [6.07, 6.45) is 17.6. The molecular formula is C35H61NaO8S. The molecule has 0 bridgehead atoms. The number of ether oxygens (including phenoxy) is 4. The van der Waals surface area contributed by atoms with E-state index in [1.807, 2.05) is 0 Å². The zero-order valence-corrected chi connectivity index (χ0v) is 32.0. The first-order chi connectivity index (χ1) is 20.9. The molecule has 0 aromatic carbocycles. The van der Waals surface area contributed by atoms with Gasteiger partial charge in [-0.25, -0.2) is 8.42 Å². The van der Waals surface area contributed by atoms with Crippen LogP contribution >= 0.6 is 0 Å². The summed E-state index contributed by atoms with van der Waals surface area (Å²) in [6.45, 7) is 15.0. The fraction of sp³-hybridized carbons (Fsp3) is 0.943. The van der Waals surface area contributed by atoms with E-state index in [-0.39, 0.29) is 42.8 Å². The topological polar surface area (TPSA) is 103 Å². The second kappa shape index (κ2) is 18.4. The molecule has 0 aliphatic heterocycles. The first-order valence-electron chi connectivity index (χ1n) is 17.6. The van der Waals surface area contributed by atoms with E-state index < -0.39 is 10.4 Å². The summed E-state index contributed by atoms with van der Waals surface area (Å²) in [7, 11) is -4.66. The van der Waals surface area contributed by atoms with Crippen molar-refractivity contribution in [2.75, 3.05) is 52.9 Å². The van der Waals surface area contributed by atoms with Crippen molar-refractivity contribution in [2.45, 2.75) is 111 Å². The molecule has 0 spiro atoms. The summed E-state index contributed by atoms with van der Waals surface area (Å²) in [5, 5.41) is 0. The van der Waals surface area contributed by atoms with E-state index in [0.29, 0.717) is 56.6 Å². The SMILES string of the molecule is CC(C)CCC[C@@H](C)[C@H]1CC[C@H]2[C@@H]3CC=C4C[C@@H](OCCOCCOCCOCCOS(=O)(=O)[O-])CC[C@]4(C)[C@H]3CC[C@]12C.[Na+]. The molecule has 0 aromatic heterocycles. The number of rotatable bonds is 19. The summed E-state index contributed by atoms with van der Waals surface area (Å²) < 4.78 is 57.6. The second-order valence-electron chi connectivity index (χ2n) is 15.1. The van der Waals surface area contributed by atoms with E-state index >= 15 is 0 Å². The second-order valence-corrected chi connectivity index (χ2v) is 16.1. The third-order valence-electron chi connectivity index (χ3n) is 12.0. The number of allylic oxidation sites excluding steroid dienone is 1. The predicted molar refractivity (Wildman–Crippen MR) is 171 cm³/mol. The summed E-state index contributed by atoms with van der Waals surface area (Å²) in [4.78, 5) is 0. The number of fused-ring (bicyclic) bond motifs is 5. The Labute approximate surface area is 296 Å². The predicted octanol–water partition coefficient (Wildman–Crippen LogP) is 3.94. The van der Waals surface area contributed by atoms with Gasteiger partial charge in [0.15, 0.2) is 0 Å². The zero-order valence-electron chi connectivity index (χ0n) is 29.2. The van der Waals surface area contributed by atoms with Crippen LogP contribution in [-0.2, 0) is 33.5 Å². The van der Waals surface area contributed by atoms with Gasteiger partial charge in [0.1, 0.15) is 0 Å². The van der Waals surface area contributed by atoms with Crippen molar-refractivity contribution in [2.24, 2.45) is 46.3 Å². The molecule has 0 amide bonds. The van der Waals surface area contributed by atoms with Crippen LogP contribution in [-0.4, -0.2) is 71.9 Å². The Balaban J connectivity index is 0.00000552. The molecule has 4 aliphatic carbocycles. The maximum absolute atomic E-state index is 10.3. The van der Waals surface area contributed by atoms with Crippen LogP contribution in [0.5, 0.6) is 0 Å². The van der Waals surface area contributed by atoms with Crippen molar-refractivity contribution in [3.63, 3.8) is 0 Å². The van der Waals surface area contributed by atoms with Crippen molar-refractivity contribution >= 4 is 10.4 Å². The average molecular weight is 665 g/mol. The van der Waals surface area contributed by atoms with Crippen LogP contribution in [0.1, 0.15) is 105 Å². The van der Waals surface area contributed by atoms with E-state index in [1.165, 1.54) is 57.8 Å². The van der Waals surface area contributed by atoms with E-state index in [1.54, 1.807) is 5.57 Å². The Morgan fingerprint density at radius 3 is 2.13 bits per heavy atom. The van der Waals surface area contributed by atoms with Gasteiger partial charge in [0.05, 0.1) is 59.0 Å². The van der Waals surface area contributed by atoms with Crippen molar-refractivity contribution in [3.8, 4) is 0 Å². The van der Waals surface area contributed by atoms with Crippen molar-refractivity contribution in [3.05, 3.63) is 11.6 Å². The maximum Gasteiger partial charge on any atom is 1.00 e. The quantitative estimate of drug-likeness (QED) is 0.0673. The van der Waals surface area contributed by atoms with Gasteiger partial charge in [-0.1, -0.05) is 65.5 Å². The molecule has 0 saturated heterocycles. The Hall–Kier alpha value is 0.450. The first-order valence-corrected chi connectivity index (χ1v) is 18.9. The molecule has 0 heterocycles. The first kappa shape index (κ1) is 39.9. The third-order valence-corrected chi connectivity index (χ3v) is 12.5. The molecule has 0 radical (unpaired) electrons. The van der Waals surface area contributed by atoms with E-state index in [2.05, 4.69) is 44.9 Å². The molecule has 8 nitrogen and oxygen atoms in total. The summed E-state index contributed by atoms with van der Waals surface area (Å²) >= 11 is 0. The molecule has 0 N–H and O–H groups in total. The minimum atomic E-state index is -4.66. The minimum Gasteiger partial charge on any atom is -0.726 e. The van der Waals surface area contributed by atoms with Crippen LogP contribution in [0, 0.1) is 46.3 Å². The van der Waals surface area contributed by atoms with Gasteiger partial charge in [-0.2, -0.15) is 0 Å². The smallest absolute Gasteiger partial charge is 0.726 e. The van der Waals surface area contributed by atoms with Crippen LogP contribution in [0.3, 0.4) is 0 Å². The molecule has 4 aliphatic rings. The van der Waals surface area contributed by atoms with Crippen molar-refractivity contribution in [1.29, 1.82) is 0 Å². The van der Waals surface area contributed by atoms with Gasteiger partial charge in [-0.05, 0) is 97.7 Å². The monoisotopic (exact) mass is 664 g/mol. The van der Waals surface area contributed by atoms with Gasteiger partial charge in [-0.3, -0.25) is 4.18 Å². The Kier molecular flexibility index (Phi) is 16.3. The summed E-state index contributed by atoms with van der Waals surface area (Å²) in [6, 6.07) is 0. The minimum absolute atomic E-state index is 0. The molecular weight excluding hydrogens is 603 g/mol.